The van der Waals surface area contributed by atoms with Crippen molar-refractivity contribution >= 4 is 28.4 Å². The lowest BCUT2D eigenvalue weighted by Crippen LogP contribution is -2.18. The first kappa shape index (κ1) is 16.7. The van der Waals surface area contributed by atoms with Gasteiger partial charge in [-0.2, -0.15) is 0 Å². The highest BCUT2D eigenvalue weighted by molar-refractivity contribution is 5.97. The zero-order chi connectivity index (χ0) is 18.3. The Balaban J connectivity index is 1.94. The van der Waals surface area contributed by atoms with Crippen LogP contribution < -0.4 is 10.2 Å². The number of hydrogen-bond donors (Lipinski definition) is 1. The minimum atomic E-state index is 0.501. The van der Waals surface area contributed by atoms with Crippen molar-refractivity contribution in [3.05, 3.63) is 77.9 Å². The standard InChI is InChI=1S/C24H26N2/c1-16(2)18-10-12-21-23(14-18)26(20-8-6-5-7-9-20)24-15-19(17(3)4)11-13-22(24)25-21/h5-17,25H,1-4H3. The van der Waals surface area contributed by atoms with Crippen LogP contribution >= 0.6 is 0 Å². The van der Waals surface area contributed by atoms with E-state index in [1.165, 1.54) is 28.2 Å². The number of fused-ring (bicyclic) bond motifs is 2. The minimum Gasteiger partial charge on any atom is -0.352 e. The number of benzene rings is 3. The van der Waals surface area contributed by atoms with Crippen LogP contribution in [-0.2, 0) is 0 Å². The lowest BCUT2D eigenvalue weighted by molar-refractivity contribution is 0.864. The normalized spacial score (nSPS) is 12.8. The Morgan fingerprint density at radius 3 is 1.62 bits per heavy atom. The second-order valence-corrected chi connectivity index (χ2v) is 7.66. The summed E-state index contributed by atoms with van der Waals surface area (Å²) in [5.41, 5.74) is 8.65. The van der Waals surface area contributed by atoms with Crippen LogP contribution in [0.1, 0.15) is 50.7 Å². The minimum absolute atomic E-state index is 0.501. The summed E-state index contributed by atoms with van der Waals surface area (Å²) >= 11 is 0. The molecule has 0 saturated heterocycles. The van der Waals surface area contributed by atoms with E-state index in [0.717, 1.165) is 11.4 Å². The average molecular weight is 342 g/mol. The Hall–Kier alpha value is -2.74. The highest BCUT2D eigenvalue weighted by atomic mass is 15.2. The molecule has 0 aromatic heterocycles. The van der Waals surface area contributed by atoms with Gasteiger partial charge in [0.15, 0.2) is 0 Å². The third-order valence-electron chi connectivity index (χ3n) is 5.14. The SMILES string of the molecule is CC(C)c1ccc2c(c1)N(c1ccccc1)c1cc(C(C)C)ccc1N2. The molecule has 1 heterocycles. The van der Waals surface area contributed by atoms with Crippen LogP contribution in [0.5, 0.6) is 0 Å². The van der Waals surface area contributed by atoms with Gasteiger partial charge in [-0.1, -0.05) is 58.0 Å². The molecular formula is C24H26N2. The molecule has 3 aromatic rings. The number of nitrogens with one attached hydrogen (secondary N) is 1. The van der Waals surface area contributed by atoms with E-state index in [-0.39, 0.29) is 0 Å². The third-order valence-corrected chi connectivity index (χ3v) is 5.14. The van der Waals surface area contributed by atoms with E-state index in [1.54, 1.807) is 0 Å². The van der Waals surface area contributed by atoms with E-state index < -0.39 is 0 Å². The van der Waals surface area contributed by atoms with E-state index in [4.69, 9.17) is 0 Å². The molecule has 2 nitrogen and oxygen atoms in total. The predicted molar refractivity (Wildman–Crippen MR) is 113 cm³/mol. The fourth-order valence-electron chi connectivity index (χ4n) is 3.53. The molecule has 4 rings (SSSR count). The summed E-state index contributed by atoms with van der Waals surface area (Å²) in [6.07, 6.45) is 0. The van der Waals surface area contributed by atoms with E-state index >= 15 is 0 Å². The molecule has 1 aliphatic heterocycles. The van der Waals surface area contributed by atoms with Crippen molar-refractivity contribution in [2.24, 2.45) is 0 Å². The fraction of sp³-hybridized carbons (Fsp3) is 0.250. The molecule has 0 bridgehead atoms. The molecule has 0 unspecified atom stereocenters. The van der Waals surface area contributed by atoms with E-state index in [9.17, 15) is 0 Å². The second-order valence-electron chi connectivity index (χ2n) is 7.66. The van der Waals surface area contributed by atoms with Crippen molar-refractivity contribution in [2.45, 2.75) is 39.5 Å². The maximum Gasteiger partial charge on any atom is 0.0700 e. The fourth-order valence-corrected chi connectivity index (χ4v) is 3.53. The van der Waals surface area contributed by atoms with Crippen LogP contribution in [0, 0.1) is 0 Å². The Morgan fingerprint density at radius 1 is 0.654 bits per heavy atom. The van der Waals surface area contributed by atoms with Gasteiger partial charge in [0.1, 0.15) is 0 Å². The van der Waals surface area contributed by atoms with E-state index in [0.29, 0.717) is 11.8 Å². The molecular weight excluding hydrogens is 316 g/mol. The van der Waals surface area contributed by atoms with Crippen molar-refractivity contribution in [3.8, 4) is 0 Å². The van der Waals surface area contributed by atoms with E-state index in [1.807, 2.05) is 0 Å². The third kappa shape index (κ3) is 2.86. The monoisotopic (exact) mass is 342 g/mol. The van der Waals surface area contributed by atoms with Crippen molar-refractivity contribution in [2.75, 3.05) is 10.2 Å². The zero-order valence-electron chi connectivity index (χ0n) is 16.0. The number of hydrogen-bond acceptors (Lipinski definition) is 2. The Labute approximate surface area is 156 Å². The summed E-state index contributed by atoms with van der Waals surface area (Å²) < 4.78 is 0. The Bertz CT molecular complexity index is 869. The van der Waals surface area contributed by atoms with Crippen LogP contribution in [0.2, 0.25) is 0 Å². The van der Waals surface area contributed by atoms with Crippen LogP contribution in [0.15, 0.2) is 66.7 Å². The van der Waals surface area contributed by atoms with Crippen molar-refractivity contribution in [1.29, 1.82) is 0 Å². The van der Waals surface area contributed by atoms with Crippen LogP contribution in [0.4, 0.5) is 28.4 Å². The summed E-state index contributed by atoms with van der Waals surface area (Å²) in [5.74, 6) is 1.00. The molecule has 0 aliphatic carbocycles. The molecule has 0 saturated carbocycles. The molecule has 132 valence electrons. The number of nitrogens with zero attached hydrogens (tertiary/aromatic N) is 1. The molecule has 1 aliphatic rings. The van der Waals surface area contributed by atoms with E-state index in [2.05, 4.69) is 105 Å². The van der Waals surface area contributed by atoms with Crippen molar-refractivity contribution in [3.63, 3.8) is 0 Å². The summed E-state index contributed by atoms with van der Waals surface area (Å²) in [7, 11) is 0. The molecule has 26 heavy (non-hydrogen) atoms. The first-order valence-electron chi connectivity index (χ1n) is 9.44. The summed E-state index contributed by atoms with van der Waals surface area (Å²) in [6.45, 7) is 8.98. The molecule has 0 radical (unpaired) electrons. The number of para-hydroxylation sites is 1. The molecule has 0 atom stereocenters. The smallest absolute Gasteiger partial charge is 0.0700 e. The van der Waals surface area contributed by atoms with Gasteiger partial charge in [0.05, 0.1) is 22.7 Å². The second kappa shape index (κ2) is 6.53. The Morgan fingerprint density at radius 2 is 1.15 bits per heavy atom. The van der Waals surface area contributed by atoms with Crippen molar-refractivity contribution in [1.82, 2.24) is 0 Å². The topological polar surface area (TPSA) is 15.3 Å². The summed E-state index contributed by atoms with van der Waals surface area (Å²) in [5, 5.41) is 3.63. The predicted octanol–water partition coefficient (Wildman–Crippen LogP) is 7.46. The summed E-state index contributed by atoms with van der Waals surface area (Å²) in [6, 6.07) is 24.2. The molecule has 0 fully saturated rings. The lowest BCUT2D eigenvalue weighted by Gasteiger charge is -2.35. The quantitative estimate of drug-likeness (QED) is 0.415. The highest BCUT2D eigenvalue weighted by Crippen LogP contribution is 2.49. The van der Waals surface area contributed by atoms with Gasteiger partial charge in [-0.15, -0.1) is 0 Å². The van der Waals surface area contributed by atoms with Gasteiger partial charge in [0, 0.05) is 5.69 Å². The average Bonchev–Trinajstić information content (AvgIpc) is 2.65. The molecule has 0 spiro atoms. The largest absolute Gasteiger partial charge is 0.352 e. The number of anilines is 5. The van der Waals surface area contributed by atoms with Crippen LogP contribution in [0.3, 0.4) is 0 Å². The van der Waals surface area contributed by atoms with Gasteiger partial charge < -0.3 is 10.2 Å². The molecule has 0 amide bonds. The molecule has 3 aromatic carbocycles. The first-order valence-corrected chi connectivity index (χ1v) is 9.44. The van der Waals surface area contributed by atoms with Crippen LogP contribution in [0.25, 0.3) is 0 Å². The number of rotatable bonds is 3. The van der Waals surface area contributed by atoms with Gasteiger partial charge in [0.2, 0.25) is 0 Å². The molecule has 1 N–H and O–H groups in total. The molecule has 2 heteroatoms. The van der Waals surface area contributed by atoms with Gasteiger partial charge in [0.25, 0.3) is 0 Å². The highest BCUT2D eigenvalue weighted by Gasteiger charge is 2.25. The van der Waals surface area contributed by atoms with Gasteiger partial charge in [-0.3, -0.25) is 0 Å². The first-order chi connectivity index (χ1) is 12.5. The van der Waals surface area contributed by atoms with Gasteiger partial charge >= 0.3 is 0 Å². The lowest BCUT2D eigenvalue weighted by atomic mass is 9.97. The van der Waals surface area contributed by atoms with Crippen molar-refractivity contribution < 1.29 is 0 Å². The summed E-state index contributed by atoms with van der Waals surface area (Å²) in [4.78, 5) is 2.39. The van der Waals surface area contributed by atoms with Gasteiger partial charge in [-0.05, 0) is 59.4 Å². The maximum atomic E-state index is 3.63. The Kier molecular flexibility index (Phi) is 4.20. The maximum absolute atomic E-state index is 3.63. The van der Waals surface area contributed by atoms with Gasteiger partial charge in [-0.25, -0.2) is 0 Å². The van der Waals surface area contributed by atoms with Crippen LogP contribution in [-0.4, -0.2) is 0 Å². The zero-order valence-corrected chi connectivity index (χ0v) is 16.0.